The Morgan fingerprint density at radius 1 is 1.03 bits per heavy atom. The average Bonchev–Trinajstić information content (AvgIpc) is 2.79. The largest absolute Gasteiger partial charge is 0.356 e. The van der Waals surface area contributed by atoms with Gasteiger partial charge in [-0.15, -0.1) is 0 Å². The number of nitrogens with zero attached hydrogens (tertiary/aromatic N) is 1. The van der Waals surface area contributed by atoms with E-state index >= 15 is 0 Å². The normalized spacial score (nSPS) is 14.0. The Morgan fingerprint density at radius 2 is 1.78 bits per heavy atom. The third kappa shape index (κ3) is 6.80. The lowest BCUT2D eigenvalue weighted by molar-refractivity contribution is -0.134. The molecule has 0 atom stereocenters. The van der Waals surface area contributed by atoms with Crippen molar-refractivity contribution in [1.82, 2.24) is 15.5 Å². The molecule has 4 amide bonds. The average molecular weight is 441 g/mol. The second-order valence-corrected chi connectivity index (χ2v) is 7.96. The molecule has 32 heavy (non-hydrogen) atoms. The van der Waals surface area contributed by atoms with Crippen molar-refractivity contribution in [1.29, 1.82) is 0 Å². The molecule has 2 aromatic carbocycles. The number of carbonyl (C=O) groups excluding carboxylic acids is 3. The summed E-state index contributed by atoms with van der Waals surface area (Å²) in [4.78, 5) is 38.5. The molecule has 1 aliphatic rings. The van der Waals surface area contributed by atoms with E-state index < -0.39 is 6.03 Å². The smallest absolute Gasteiger partial charge is 0.319 e. The third-order valence-corrected chi connectivity index (χ3v) is 5.55. The molecule has 1 aliphatic heterocycles. The molecule has 0 saturated carbocycles. The molecule has 2 aromatic rings. The number of rotatable bonds is 7. The van der Waals surface area contributed by atoms with Crippen LogP contribution < -0.4 is 16.0 Å². The van der Waals surface area contributed by atoms with Crippen molar-refractivity contribution in [2.24, 2.45) is 5.92 Å². The van der Waals surface area contributed by atoms with Crippen molar-refractivity contribution in [3.05, 3.63) is 65.5 Å². The van der Waals surface area contributed by atoms with E-state index in [9.17, 15) is 18.8 Å². The summed E-state index contributed by atoms with van der Waals surface area (Å²) in [6, 6.07) is 13.5. The van der Waals surface area contributed by atoms with Crippen LogP contribution >= 0.6 is 0 Å². The lowest BCUT2D eigenvalue weighted by atomic mass is 9.95. The predicted molar refractivity (Wildman–Crippen MR) is 121 cm³/mol. The van der Waals surface area contributed by atoms with Crippen molar-refractivity contribution >= 4 is 23.5 Å². The van der Waals surface area contributed by atoms with Gasteiger partial charge in [-0.25, -0.2) is 9.18 Å². The molecule has 0 aliphatic carbocycles. The van der Waals surface area contributed by atoms with Crippen molar-refractivity contribution in [2.75, 3.05) is 31.5 Å². The molecule has 0 radical (unpaired) electrons. The van der Waals surface area contributed by atoms with Gasteiger partial charge in [0.1, 0.15) is 5.82 Å². The number of piperidine rings is 1. The molecular weight excluding hydrogens is 411 g/mol. The van der Waals surface area contributed by atoms with Crippen LogP contribution in [0.3, 0.4) is 0 Å². The van der Waals surface area contributed by atoms with Crippen LogP contribution in [0.5, 0.6) is 0 Å². The fraction of sp³-hybridized carbons (Fsp3) is 0.375. The van der Waals surface area contributed by atoms with Crippen molar-refractivity contribution in [3.8, 4) is 0 Å². The highest BCUT2D eigenvalue weighted by atomic mass is 19.1. The minimum Gasteiger partial charge on any atom is -0.356 e. The van der Waals surface area contributed by atoms with Crippen LogP contribution in [0, 0.1) is 18.7 Å². The molecule has 3 N–H and O–H groups in total. The van der Waals surface area contributed by atoms with E-state index in [0.29, 0.717) is 50.1 Å². The van der Waals surface area contributed by atoms with Gasteiger partial charge in [0, 0.05) is 31.2 Å². The maximum Gasteiger partial charge on any atom is 0.319 e. The van der Waals surface area contributed by atoms with E-state index in [1.807, 2.05) is 25.1 Å². The summed E-state index contributed by atoms with van der Waals surface area (Å²) in [6.45, 7) is 3.13. The topological polar surface area (TPSA) is 90.5 Å². The monoisotopic (exact) mass is 440 g/mol. The van der Waals surface area contributed by atoms with Crippen LogP contribution in [0.4, 0.5) is 14.9 Å². The van der Waals surface area contributed by atoms with Gasteiger partial charge in [-0.3, -0.25) is 9.59 Å². The van der Waals surface area contributed by atoms with Gasteiger partial charge in [0.05, 0.1) is 6.54 Å². The Bertz CT molecular complexity index is 958. The van der Waals surface area contributed by atoms with Gasteiger partial charge >= 0.3 is 6.03 Å². The summed E-state index contributed by atoms with van der Waals surface area (Å²) in [7, 11) is 0. The number of hydrogen-bond donors (Lipinski definition) is 3. The second kappa shape index (κ2) is 11.3. The number of likely N-dealkylation sites (tertiary alicyclic amines) is 1. The van der Waals surface area contributed by atoms with Crippen LogP contribution in [0.25, 0.3) is 0 Å². The van der Waals surface area contributed by atoms with Gasteiger partial charge < -0.3 is 20.9 Å². The molecule has 170 valence electrons. The number of hydrogen-bond acceptors (Lipinski definition) is 3. The number of anilines is 1. The lowest BCUT2D eigenvalue weighted by Gasteiger charge is -2.31. The Labute approximate surface area is 187 Å². The number of nitrogens with one attached hydrogen (secondary N) is 3. The summed E-state index contributed by atoms with van der Waals surface area (Å²) in [6.07, 6.45) is 1.56. The van der Waals surface area contributed by atoms with E-state index in [4.69, 9.17) is 0 Å². The highest BCUT2D eigenvalue weighted by Gasteiger charge is 2.27. The number of urea groups is 1. The first kappa shape index (κ1) is 23.2. The zero-order chi connectivity index (χ0) is 22.9. The molecule has 8 heteroatoms. The van der Waals surface area contributed by atoms with Crippen LogP contribution in [-0.2, 0) is 16.0 Å². The fourth-order valence-corrected chi connectivity index (χ4v) is 3.72. The summed E-state index contributed by atoms with van der Waals surface area (Å²) >= 11 is 0. The molecule has 0 unspecified atom stereocenters. The first-order chi connectivity index (χ1) is 15.4. The first-order valence-corrected chi connectivity index (χ1v) is 10.8. The zero-order valence-corrected chi connectivity index (χ0v) is 18.2. The van der Waals surface area contributed by atoms with E-state index in [2.05, 4.69) is 16.0 Å². The van der Waals surface area contributed by atoms with Crippen LogP contribution in [0.2, 0.25) is 0 Å². The van der Waals surface area contributed by atoms with Gasteiger partial charge in [-0.2, -0.15) is 0 Å². The summed E-state index contributed by atoms with van der Waals surface area (Å²) in [5.41, 5.74) is 2.27. The number of halogens is 1. The van der Waals surface area contributed by atoms with Crippen LogP contribution in [-0.4, -0.2) is 48.9 Å². The quantitative estimate of drug-likeness (QED) is 0.618. The van der Waals surface area contributed by atoms with E-state index in [1.54, 1.807) is 29.2 Å². The molecule has 1 fully saturated rings. The van der Waals surface area contributed by atoms with Crippen LogP contribution in [0.15, 0.2) is 48.5 Å². The van der Waals surface area contributed by atoms with Gasteiger partial charge in [-0.05, 0) is 55.5 Å². The standard InChI is InChI=1S/C24H29FN4O3/c1-17-5-4-7-20(15-17)28-24(32)27-16-22(30)29-13-10-19(11-14-29)23(31)26-12-9-18-6-2-3-8-21(18)25/h2-8,15,19H,9-14,16H2,1H3,(H,26,31)(H2,27,28,32). The van der Waals surface area contributed by atoms with Crippen molar-refractivity contribution in [3.63, 3.8) is 0 Å². The highest BCUT2D eigenvalue weighted by molar-refractivity contribution is 5.92. The minimum atomic E-state index is -0.437. The molecule has 0 bridgehead atoms. The SMILES string of the molecule is Cc1cccc(NC(=O)NCC(=O)N2CCC(C(=O)NCCc3ccccc3F)CC2)c1. The molecule has 0 aromatic heterocycles. The summed E-state index contributed by atoms with van der Waals surface area (Å²) in [5.74, 6) is -0.682. The maximum atomic E-state index is 13.6. The van der Waals surface area contributed by atoms with E-state index in [-0.39, 0.29) is 30.1 Å². The predicted octanol–water partition coefficient (Wildman–Crippen LogP) is 2.85. The van der Waals surface area contributed by atoms with Gasteiger partial charge in [0.2, 0.25) is 11.8 Å². The van der Waals surface area contributed by atoms with Gasteiger partial charge in [0.15, 0.2) is 0 Å². The molecule has 7 nitrogen and oxygen atoms in total. The lowest BCUT2D eigenvalue weighted by Crippen LogP contribution is -2.47. The molecule has 3 rings (SSSR count). The third-order valence-electron chi connectivity index (χ3n) is 5.55. The number of amides is 4. The Hall–Kier alpha value is -3.42. The Morgan fingerprint density at radius 3 is 2.50 bits per heavy atom. The van der Waals surface area contributed by atoms with Crippen LogP contribution in [0.1, 0.15) is 24.0 Å². The zero-order valence-electron chi connectivity index (χ0n) is 18.2. The number of carbonyl (C=O) groups is 3. The molecule has 1 saturated heterocycles. The Kier molecular flexibility index (Phi) is 8.19. The molecular formula is C24H29FN4O3. The molecule has 1 heterocycles. The van der Waals surface area contributed by atoms with Crippen molar-refractivity contribution < 1.29 is 18.8 Å². The van der Waals surface area contributed by atoms with Gasteiger partial charge in [-0.1, -0.05) is 30.3 Å². The Balaban J connectivity index is 1.34. The first-order valence-electron chi connectivity index (χ1n) is 10.8. The van der Waals surface area contributed by atoms with Gasteiger partial charge in [0.25, 0.3) is 0 Å². The van der Waals surface area contributed by atoms with Crippen molar-refractivity contribution in [2.45, 2.75) is 26.2 Å². The number of aryl methyl sites for hydroxylation is 1. The molecule has 0 spiro atoms. The maximum absolute atomic E-state index is 13.6. The summed E-state index contributed by atoms with van der Waals surface area (Å²) < 4.78 is 13.6. The fourth-order valence-electron chi connectivity index (χ4n) is 3.72. The second-order valence-electron chi connectivity index (χ2n) is 7.96. The number of benzene rings is 2. The minimum absolute atomic E-state index is 0.0657. The van der Waals surface area contributed by atoms with E-state index in [0.717, 1.165) is 5.56 Å². The highest BCUT2D eigenvalue weighted by Crippen LogP contribution is 2.17. The summed E-state index contributed by atoms with van der Waals surface area (Å²) in [5, 5.41) is 8.14. The van der Waals surface area contributed by atoms with E-state index in [1.165, 1.54) is 6.07 Å².